The van der Waals surface area contributed by atoms with E-state index in [9.17, 15) is 17.9 Å². The van der Waals surface area contributed by atoms with Gasteiger partial charge in [-0.25, -0.2) is 9.18 Å². The van der Waals surface area contributed by atoms with Gasteiger partial charge in [0.25, 0.3) is 0 Å². The number of ether oxygens (including phenoxy) is 1. The second-order valence-electron chi connectivity index (χ2n) is 2.60. The van der Waals surface area contributed by atoms with Crippen LogP contribution in [0.25, 0.3) is 0 Å². The van der Waals surface area contributed by atoms with Gasteiger partial charge in [0, 0.05) is 4.90 Å². The fourth-order valence-electron chi connectivity index (χ4n) is 0.973. The van der Waals surface area contributed by atoms with Crippen LogP contribution in [0.4, 0.5) is 4.39 Å². The van der Waals surface area contributed by atoms with E-state index in [1.54, 1.807) is 6.92 Å². The maximum Gasteiger partial charge on any atom is 1.00 e. The standard InChI is InChI=1S/C9H9FO4S.Na/c1-2-14-9(11)7-5-6(15(12)13)3-4-8(7)10;/h3-5H,2H2,1H3,(H,12,13);/q;+1/p-1. The Balaban J connectivity index is 0.00000225. The molecule has 0 aliphatic rings. The third kappa shape index (κ3) is 3.95. The summed E-state index contributed by atoms with van der Waals surface area (Å²) >= 11 is -2.49. The minimum atomic E-state index is -2.49. The Bertz CT molecular complexity index is 410. The minimum absolute atomic E-state index is 0. The van der Waals surface area contributed by atoms with Crippen LogP contribution in [-0.4, -0.2) is 21.3 Å². The van der Waals surface area contributed by atoms with E-state index < -0.39 is 22.9 Å². The summed E-state index contributed by atoms with van der Waals surface area (Å²) in [6, 6.07) is 2.93. The van der Waals surface area contributed by atoms with Crippen molar-refractivity contribution in [2.75, 3.05) is 6.61 Å². The summed E-state index contributed by atoms with van der Waals surface area (Å²) in [5, 5.41) is 0. The predicted molar refractivity (Wildman–Crippen MR) is 49.5 cm³/mol. The quantitative estimate of drug-likeness (QED) is 0.364. The van der Waals surface area contributed by atoms with Crippen LogP contribution in [0.2, 0.25) is 0 Å². The summed E-state index contributed by atoms with van der Waals surface area (Å²) in [6.07, 6.45) is 0. The Morgan fingerprint density at radius 3 is 2.69 bits per heavy atom. The summed E-state index contributed by atoms with van der Waals surface area (Å²) in [5.74, 6) is -1.68. The third-order valence-electron chi connectivity index (χ3n) is 1.63. The molecule has 1 aromatic carbocycles. The van der Waals surface area contributed by atoms with Crippen molar-refractivity contribution in [1.82, 2.24) is 0 Å². The molecular weight excluding hydrogens is 246 g/mol. The number of halogens is 1. The zero-order valence-electron chi connectivity index (χ0n) is 8.86. The number of hydrogen-bond donors (Lipinski definition) is 0. The van der Waals surface area contributed by atoms with Gasteiger partial charge in [0.1, 0.15) is 5.82 Å². The number of carbonyl (C=O) groups is 1. The third-order valence-corrected chi connectivity index (χ3v) is 2.26. The largest absolute Gasteiger partial charge is 1.00 e. The van der Waals surface area contributed by atoms with Gasteiger partial charge in [-0.05, 0) is 36.2 Å². The van der Waals surface area contributed by atoms with Gasteiger partial charge >= 0.3 is 35.5 Å². The van der Waals surface area contributed by atoms with E-state index in [1.807, 2.05) is 0 Å². The second kappa shape index (κ2) is 7.13. The molecule has 0 heterocycles. The molecule has 1 rings (SSSR count). The van der Waals surface area contributed by atoms with Crippen LogP contribution in [0.5, 0.6) is 0 Å². The van der Waals surface area contributed by atoms with Crippen LogP contribution < -0.4 is 29.6 Å². The van der Waals surface area contributed by atoms with Crippen LogP contribution in [-0.2, 0) is 15.8 Å². The Labute approximate surface area is 117 Å². The SMILES string of the molecule is CCOC(=O)c1cc(S(=O)[O-])ccc1F.[Na+]. The molecule has 7 heteroatoms. The van der Waals surface area contributed by atoms with Crippen LogP contribution >= 0.6 is 0 Å². The first-order valence-corrected chi connectivity index (χ1v) is 5.19. The second-order valence-corrected chi connectivity index (χ2v) is 3.54. The fraction of sp³-hybridized carbons (Fsp3) is 0.222. The van der Waals surface area contributed by atoms with Gasteiger partial charge in [-0.3, -0.25) is 4.21 Å². The van der Waals surface area contributed by atoms with E-state index in [0.717, 1.165) is 18.2 Å². The summed E-state index contributed by atoms with van der Waals surface area (Å²) < 4.78 is 38.8. The van der Waals surface area contributed by atoms with E-state index in [2.05, 4.69) is 4.74 Å². The Morgan fingerprint density at radius 1 is 1.56 bits per heavy atom. The van der Waals surface area contributed by atoms with Gasteiger partial charge in [-0.15, -0.1) is 0 Å². The minimum Gasteiger partial charge on any atom is -0.768 e. The van der Waals surface area contributed by atoms with E-state index in [1.165, 1.54) is 0 Å². The van der Waals surface area contributed by atoms with Gasteiger partial charge in [-0.1, -0.05) is 0 Å². The van der Waals surface area contributed by atoms with Crippen molar-refractivity contribution in [3.05, 3.63) is 29.6 Å². The zero-order chi connectivity index (χ0) is 11.4. The number of esters is 1. The molecule has 0 amide bonds. The molecule has 1 atom stereocenters. The Morgan fingerprint density at radius 2 is 2.19 bits per heavy atom. The van der Waals surface area contributed by atoms with Crippen molar-refractivity contribution in [2.24, 2.45) is 0 Å². The first kappa shape index (κ1) is 15.7. The van der Waals surface area contributed by atoms with Gasteiger partial charge in [0.15, 0.2) is 0 Å². The molecule has 0 fully saturated rings. The van der Waals surface area contributed by atoms with Gasteiger partial charge in [-0.2, -0.15) is 0 Å². The maximum atomic E-state index is 13.1. The molecule has 82 valence electrons. The molecular formula is C9H8FNaO4S. The average molecular weight is 254 g/mol. The molecule has 0 aliphatic heterocycles. The summed E-state index contributed by atoms with van der Waals surface area (Å²) in [4.78, 5) is 11.0. The first-order chi connectivity index (χ1) is 7.06. The number of carbonyl (C=O) groups excluding carboxylic acids is 1. The maximum absolute atomic E-state index is 13.1. The van der Waals surface area contributed by atoms with E-state index >= 15 is 0 Å². The fourth-order valence-corrected chi connectivity index (χ4v) is 1.37. The predicted octanol–water partition coefficient (Wildman–Crippen LogP) is -1.76. The van der Waals surface area contributed by atoms with Crippen LogP contribution in [0, 0.1) is 5.82 Å². The van der Waals surface area contributed by atoms with Crippen molar-refractivity contribution in [3.63, 3.8) is 0 Å². The molecule has 0 radical (unpaired) electrons. The van der Waals surface area contributed by atoms with Crippen LogP contribution in [0.15, 0.2) is 23.1 Å². The Kier molecular flexibility index (Phi) is 7.01. The molecule has 4 nitrogen and oxygen atoms in total. The van der Waals surface area contributed by atoms with Crippen molar-refractivity contribution in [2.45, 2.75) is 11.8 Å². The number of rotatable bonds is 3. The van der Waals surface area contributed by atoms with Crippen LogP contribution in [0.3, 0.4) is 0 Å². The molecule has 0 bridgehead atoms. The molecule has 0 N–H and O–H groups in total. The Hall–Kier alpha value is -0.270. The molecule has 0 spiro atoms. The zero-order valence-corrected chi connectivity index (χ0v) is 11.7. The van der Waals surface area contributed by atoms with E-state index in [-0.39, 0.29) is 46.6 Å². The van der Waals surface area contributed by atoms with E-state index in [4.69, 9.17) is 0 Å². The number of benzene rings is 1. The summed E-state index contributed by atoms with van der Waals surface area (Å²) in [5.41, 5.74) is -0.376. The van der Waals surface area contributed by atoms with Gasteiger partial charge in [0.2, 0.25) is 0 Å². The normalized spacial score (nSPS) is 11.4. The monoisotopic (exact) mass is 254 g/mol. The van der Waals surface area contributed by atoms with Crippen molar-refractivity contribution < 1.29 is 52.2 Å². The molecule has 1 aromatic rings. The average Bonchev–Trinajstić information content (AvgIpc) is 2.18. The number of hydrogen-bond acceptors (Lipinski definition) is 4. The molecule has 0 aromatic heterocycles. The van der Waals surface area contributed by atoms with E-state index in [0.29, 0.717) is 0 Å². The molecule has 0 saturated heterocycles. The van der Waals surface area contributed by atoms with Crippen molar-refractivity contribution >= 4 is 17.0 Å². The molecule has 16 heavy (non-hydrogen) atoms. The van der Waals surface area contributed by atoms with Crippen molar-refractivity contribution in [3.8, 4) is 0 Å². The smallest absolute Gasteiger partial charge is 0.768 e. The topological polar surface area (TPSA) is 66.4 Å². The molecule has 0 aliphatic carbocycles. The summed E-state index contributed by atoms with van der Waals surface area (Å²) in [6.45, 7) is 1.67. The van der Waals surface area contributed by atoms with Crippen molar-refractivity contribution in [1.29, 1.82) is 0 Å². The molecule has 1 unspecified atom stereocenters. The molecule has 0 saturated carbocycles. The summed E-state index contributed by atoms with van der Waals surface area (Å²) in [7, 11) is 0. The van der Waals surface area contributed by atoms with Gasteiger partial charge < -0.3 is 9.29 Å². The first-order valence-electron chi connectivity index (χ1n) is 4.12. The van der Waals surface area contributed by atoms with Gasteiger partial charge in [0.05, 0.1) is 12.2 Å². The van der Waals surface area contributed by atoms with Crippen LogP contribution in [0.1, 0.15) is 17.3 Å².